The number of anilines is 1. The first-order valence-corrected chi connectivity index (χ1v) is 8.19. The van der Waals surface area contributed by atoms with E-state index in [1.807, 2.05) is 18.2 Å². The van der Waals surface area contributed by atoms with Crippen molar-refractivity contribution in [2.24, 2.45) is 5.10 Å². The van der Waals surface area contributed by atoms with Crippen LogP contribution in [0.5, 0.6) is 11.5 Å². The molecule has 0 radical (unpaired) electrons. The predicted octanol–water partition coefficient (Wildman–Crippen LogP) is 2.30. The third-order valence-electron chi connectivity index (χ3n) is 4.15. The number of aromatic hydroxyl groups is 1. The summed E-state index contributed by atoms with van der Waals surface area (Å²) in [5.41, 5.74) is 5.60. The Kier molecular flexibility index (Phi) is 5.18. The van der Waals surface area contributed by atoms with Crippen molar-refractivity contribution in [2.75, 3.05) is 25.1 Å². The van der Waals surface area contributed by atoms with E-state index >= 15 is 0 Å². The second-order valence-electron chi connectivity index (χ2n) is 5.88. The number of nitrogens with one attached hydrogen (secondary N) is 1. The van der Waals surface area contributed by atoms with Crippen LogP contribution in [0.2, 0.25) is 0 Å². The zero-order chi connectivity index (χ0) is 17.6. The van der Waals surface area contributed by atoms with Crippen molar-refractivity contribution in [1.82, 2.24) is 5.43 Å². The fourth-order valence-corrected chi connectivity index (χ4v) is 2.95. The maximum atomic E-state index is 12.1. The number of amides is 1. The SMILES string of the molecule is COc1ccc(/C=N\NC(=O)CN2CCCc3ccccc32)cc1O. The Hall–Kier alpha value is -3.02. The molecule has 0 saturated heterocycles. The third kappa shape index (κ3) is 4.09. The summed E-state index contributed by atoms with van der Waals surface area (Å²) < 4.78 is 4.99. The molecule has 0 atom stereocenters. The van der Waals surface area contributed by atoms with Gasteiger partial charge in [0.15, 0.2) is 11.5 Å². The van der Waals surface area contributed by atoms with Gasteiger partial charge in [0.05, 0.1) is 19.9 Å². The van der Waals surface area contributed by atoms with Gasteiger partial charge in [-0.1, -0.05) is 18.2 Å². The van der Waals surface area contributed by atoms with Gasteiger partial charge in [0.2, 0.25) is 0 Å². The van der Waals surface area contributed by atoms with Gasteiger partial charge in [0.25, 0.3) is 5.91 Å². The van der Waals surface area contributed by atoms with Gasteiger partial charge < -0.3 is 14.7 Å². The first-order chi connectivity index (χ1) is 12.2. The lowest BCUT2D eigenvalue weighted by molar-refractivity contribution is -0.119. The number of nitrogens with zero attached hydrogens (tertiary/aromatic N) is 2. The fraction of sp³-hybridized carbons (Fsp3) is 0.263. The van der Waals surface area contributed by atoms with Crippen molar-refractivity contribution >= 4 is 17.8 Å². The molecule has 0 bridgehead atoms. The highest BCUT2D eigenvalue weighted by Gasteiger charge is 2.18. The van der Waals surface area contributed by atoms with E-state index in [0.717, 1.165) is 25.1 Å². The van der Waals surface area contributed by atoms with Gasteiger partial charge in [-0.2, -0.15) is 5.10 Å². The Bertz CT molecular complexity index is 789. The summed E-state index contributed by atoms with van der Waals surface area (Å²) in [5, 5.41) is 13.7. The van der Waals surface area contributed by atoms with Crippen molar-refractivity contribution in [3.63, 3.8) is 0 Å². The van der Waals surface area contributed by atoms with E-state index in [9.17, 15) is 9.90 Å². The second-order valence-corrected chi connectivity index (χ2v) is 5.88. The molecule has 130 valence electrons. The fourth-order valence-electron chi connectivity index (χ4n) is 2.95. The highest BCUT2D eigenvalue weighted by molar-refractivity contribution is 5.85. The second kappa shape index (κ2) is 7.70. The van der Waals surface area contributed by atoms with Crippen LogP contribution in [0, 0.1) is 0 Å². The van der Waals surface area contributed by atoms with Gasteiger partial charge in [-0.3, -0.25) is 4.79 Å². The van der Waals surface area contributed by atoms with Gasteiger partial charge in [-0.15, -0.1) is 0 Å². The van der Waals surface area contributed by atoms with Crippen molar-refractivity contribution < 1.29 is 14.6 Å². The number of phenols is 1. The Morgan fingerprint density at radius 2 is 2.20 bits per heavy atom. The molecule has 0 aromatic heterocycles. The van der Waals surface area contributed by atoms with Crippen molar-refractivity contribution in [1.29, 1.82) is 0 Å². The zero-order valence-electron chi connectivity index (χ0n) is 14.1. The summed E-state index contributed by atoms with van der Waals surface area (Å²) in [4.78, 5) is 14.2. The summed E-state index contributed by atoms with van der Waals surface area (Å²) in [6.07, 6.45) is 3.58. The van der Waals surface area contributed by atoms with Crippen LogP contribution in [0.3, 0.4) is 0 Å². The van der Waals surface area contributed by atoms with Crippen LogP contribution in [-0.2, 0) is 11.2 Å². The molecular formula is C19H21N3O3. The van der Waals surface area contributed by atoms with Gasteiger partial charge in [0, 0.05) is 12.2 Å². The predicted molar refractivity (Wildman–Crippen MR) is 97.4 cm³/mol. The van der Waals surface area contributed by atoms with Crippen LogP contribution in [0.4, 0.5) is 5.69 Å². The first kappa shape index (κ1) is 16.8. The Balaban J connectivity index is 1.58. The normalized spacial score (nSPS) is 13.6. The first-order valence-electron chi connectivity index (χ1n) is 8.19. The van der Waals surface area contributed by atoms with E-state index in [1.54, 1.807) is 12.1 Å². The molecule has 1 amide bonds. The largest absolute Gasteiger partial charge is 0.504 e. The standard InChI is InChI=1S/C19H21N3O3/c1-25-18-9-8-14(11-17(18)23)12-20-21-19(24)13-22-10-4-6-15-5-2-3-7-16(15)22/h2-3,5,7-9,11-12,23H,4,6,10,13H2,1H3,(H,21,24)/b20-12-. The van der Waals surface area contributed by atoms with Crippen LogP contribution in [0.15, 0.2) is 47.6 Å². The van der Waals surface area contributed by atoms with Crippen LogP contribution < -0.4 is 15.1 Å². The number of methoxy groups -OCH3 is 1. The molecule has 0 unspecified atom stereocenters. The van der Waals surface area contributed by atoms with Crippen molar-refractivity contribution in [2.45, 2.75) is 12.8 Å². The quantitative estimate of drug-likeness (QED) is 0.647. The molecule has 25 heavy (non-hydrogen) atoms. The van der Waals surface area contributed by atoms with Crippen LogP contribution in [0.25, 0.3) is 0 Å². The van der Waals surface area contributed by atoms with Gasteiger partial charge >= 0.3 is 0 Å². The highest BCUT2D eigenvalue weighted by atomic mass is 16.5. The number of ether oxygens (including phenoxy) is 1. The molecule has 3 rings (SSSR count). The van der Waals surface area contributed by atoms with E-state index in [4.69, 9.17) is 4.74 Å². The summed E-state index contributed by atoms with van der Waals surface area (Å²) in [6, 6.07) is 13.1. The number of carbonyl (C=O) groups excluding carboxylic acids is 1. The Morgan fingerprint density at radius 1 is 1.36 bits per heavy atom. The number of aryl methyl sites for hydroxylation is 1. The number of hydrogen-bond donors (Lipinski definition) is 2. The van der Waals surface area contributed by atoms with Gasteiger partial charge in [0.1, 0.15) is 0 Å². The summed E-state index contributed by atoms with van der Waals surface area (Å²) in [6.45, 7) is 1.13. The van der Waals surface area contributed by atoms with Crippen molar-refractivity contribution in [3.8, 4) is 11.5 Å². The van der Waals surface area contributed by atoms with Crippen LogP contribution in [0.1, 0.15) is 17.5 Å². The molecule has 1 aliphatic rings. The smallest absolute Gasteiger partial charge is 0.259 e. The molecule has 1 aliphatic heterocycles. The lowest BCUT2D eigenvalue weighted by Gasteiger charge is -2.30. The molecule has 0 aliphatic carbocycles. The molecule has 6 nitrogen and oxygen atoms in total. The van der Waals surface area contributed by atoms with E-state index in [-0.39, 0.29) is 18.2 Å². The minimum absolute atomic E-state index is 0.0303. The highest BCUT2D eigenvalue weighted by Crippen LogP contribution is 2.26. The number of phenolic OH excluding ortho intramolecular Hbond substituents is 1. The van der Waals surface area contributed by atoms with Crippen LogP contribution in [-0.4, -0.2) is 37.4 Å². The third-order valence-corrected chi connectivity index (χ3v) is 4.15. The summed E-state index contributed by atoms with van der Waals surface area (Å²) in [5.74, 6) is 0.248. The van der Waals surface area contributed by atoms with Crippen molar-refractivity contribution in [3.05, 3.63) is 53.6 Å². The van der Waals surface area contributed by atoms with Crippen LogP contribution >= 0.6 is 0 Å². The van der Waals surface area contributed by atoms with Gasteiger partial charge in [-0.25, -0.2) is 5.43 Å². The maximum absolute atomic E-state index is 12.1. The Labute approximate surface area is 146 Å². The molecular weight excluding hydrogens is 318 g/mol. The number of benzene rings is 2. The van der Waals surface area contributed by atoms with E-state index in [0.29, 0.717) is 11.3 Å². The monoisotopic (exact) mass is 339 g/mol. The Morgan fingerprint density at radius 3 is 3.00 bits per heavy atom. The number of para-hydroxylation sites is 1. The minimum Gasteiger partial charge on any atom is -0.504 e. The molecule has 6 heteroatoms. The molecule has 2 aromatic carbocycles. The average molecular weight is 339 g/mol. The number of hydrogen-bond acceptors (Lipinski definition) is 5. The topological polar surface area (TPSA) is 74.2 Å². The lowest BCUT2D eigenvalue weighted by Crippen LogP contribution is -2.38. The number of hydrazone groups is 1. The average Bonchev–Trinajstić information content (AvgIpc) is 2.62. The summed E-state index contributed by atoms with van der Waals surface area (Å²) >= 11 is 0. The molecule has 0 saturated carbocycles. The maximum Gasteiger partial charge on any atom is 0.259 e. The number of rotatable bonds is 5. The number of carbonyl (C=O) groups is 1. The van der Waals surface area contributed by atoms with E-state index in [1.165, 1.54) is 25.0 Å². The van der Waals surface area contributed by atoms with E-state index < -0.39 is 0 Å². The molecule has 0 fully saturated rings. The van der Waals surface area contributed by atoms with Gasteiger partial charge in [-0.05, 0) is 48.2 Å². The molecule has 1 heterocycles. The molecule has 2 N–H and O–H groups in total. The lowest BCUT2D eigenvalue weighted by atomic mass is 10.0. The minimum atomic E-state index is -0.175. The zero-order valence-corrected chi connectivity index (χ0v) is 14.1. The summed E-state index contributed by atoms with van der Waals surface area (Å²) in [7, 11) is 1.49. The van der Waals surface area contributed by atoms with E-state index in [2.05, 4.69) is 21.5 Å². The number of fused-ring (bicyclic) bond motifs is 1. The molecule has 0 spiro atoms. The molecule has 2 aromatic rings.